The molecule has 0 aromatic rings. The quantitative estimate of drug-likeness (QED) is 0.788. The Kier molecular flexibility index (Phi) is 5.01. The maximum Gasteiger partial charge on any atom is -0.00202 e. The van der Waals surface area contributed by atoms with Crippen LogP contribution in [0, 0.1) is 34.5 Å². The highest BCUT2D eigenvalue weighted by Crippen LogP contribution is 2.62. The van der Waals surface area contributed by atoms with Gasteiger partial charge in [0.25, 0.3) is 0 Å². The van der Waals surface area contributed by atoms with E-state index in [4.69, 9.17) is 11.5 Å². The molecule has 0 aliphatic heterocycles. The highest BCUT2D eigenvalue weighted by Gasteiger charge is 2.54. The largest absolute Gasteiger partial charge is 0.330 e. The normalized spacial score (nSPS) is 42.2. The number of hydrogen-bond donors (Lipinski definition) is 2. The molecule has 0 heterocycles. The maximum atomic E-state index is 6.26. The Balaban J connectivity index is 1.99. The van der Waals surface area contributed by atoms with Gasteiger partial charge in [-0.3, -0.25) is 0 Å². The molecule has 1 saturated carbocycles. The highest BCUT2D eigenvalue weighted by atomic mass is 14.7. The first-order chi connectivity index (χ1) is 11.4. The molecule has 3 aliphatic rings. The average Bonchev–Trinajstić information content (AvgIpc) is 2.54. The van der Waals surface area contributed by atoms with Crippen molar-refractivity contribution in [1.29, 1.82) is 0 Å². The fraction of sp³-hybridized carbons (Fsp3) is 0.818. The zero-order chi connectivity index (χ0) is 17.5. The minimum absolute atomic E-state index is 0.320. The summed E-state index contributed by atoms with van der Waals surface area (Å²) in [6, 6.07) is 0. The molecule has 0 amide bonds. The lowest BCUT2D eigenvalue weighted by atomic mass is 9.46. The van der Waals surface area contributed by atoms with Gasteiger partial charge >= 0.3 is 0 Å². The van der Waals surface area contributed by atoms with E-state index >= 15 is 0 Å². The van der Waals surface area contributed by atoms with Crippen LogP contribution in [0.25, 0.3) is 0 Å². The third-order valence-corrected chi connectivity index (χ3v) is 7.86. The van der Waals surface area contributed by atoms with Crippen LogP contribution in [0.3, 0.4) is 0 Å². The summed E-state index contributed by atoms with van der Waals surface area (Å²) in [6.07, 6.45) is 12.8. The number of fused-ring (bicyclic) bond motifs is 3. The summed E-state index contributed by atoms with van der Waals surface area (Å²) in [5.74, 6) is 2.76. The maximum absolute atomic E-state index is 6.26. The van der Waals surface area contributed by atoms with Gasteiger partial charge in [-0.25, -0.2) is 0 Å². The molecule has 2 nitrogen and oxygen atoms in total. The first kappa shape index (κ1) is 18.2. The number of allylic oxidation sites excluding steroid dienone is 4. The molecule has 0 saturated heterocycles. The van der Waals surface area contributed by atoms with Crippen molar-refractivity contribution in [3.63, 3.8) is 0 Å². The summed E-state index contributed by atoms with van der Waals surface area (Å²) >= 11 is 0. The number of rotatable bonds is 4. The van der Waals surface area contributed by atoms with E-state index in [1.165, 1.54) is 32.1 Å². The Hall–Kier alpha value is -0.600. The van der Waals surface area contributed by atoms with Gasteiger partial charge in [0.1, 0.15) is 0 Å². The molecule has 0 spiro atoms. The molecule has 0 unspecified atom stereocenters. The number of hydrogen-bond acceptors (Lipinski definition) is 2. The Morgan fingerprint density at radius 2 is 1.96 bits per heavy atom. The van der Waals surface area contributed by atoms with Crippen LogP contribution in [-0.4, -0.2) is 13.1 Å². The summed E-state index contributed by atoms with van der Waals surface area (Å²) < 4.78 is 0. The standard InChI is InChI=1S/C22H38N2/c1-15(2)18-12-17-6-7-20-21(3,14-24)9-5-10-22(20,4)19(17)13-16(18)8-11-23/h6,12,15-16,19-20H,5,7-11,13-14,23-24H2,1-4H3/t16-,19+,20+,21-,22+/m0/s1. The first-order valence-corrected chi connectivity index (χ1v) is 10.2. The van der Waals surface area contributed by atoms with Crippen LogP contribution in [0.5, 0.6) is 0 Å². The topological polar surface area (TPSA) is 52.0 Å². The van der Waals surface area contributed by atoms with E-state index < -0.39 is 0 Å². The molecule has 0 bridgehead atoms. The SMILES string of the molecule is CC(C)C1=CC2=CC[C@@H]3[C@](C)(CN)CCC[C@]3(C)[C@@H]2C[C@@H]1CCN. The summed E-state index contributed by atoms with van der Waals surface area (Å²) in [5, 5.41) is 0. The van der Waals surface area contributed by atoms with E-state index in [1.807, 2.05) is 0 Å². The van der Waals surface area contributed by atoms with Crippen molar-refractivity contribution in [2.45, 2.75) is 66.2 Å². The second kappa shape index (κ2) is 6.61. The molecule has 1 fully saturated rings. The second-order valence-electron chi connectivity index (χ2n) is 9.57. The average molecular weight is 331 g/mol. The highest BCUT2D eigenvalue weighted by molar-refractivity contribution is 5.36. The lowest BCUT2D eigenvalue weighted by molar-refractivity contribution is -0.0474. The molecule has 136 valence electrons. The lowest BCUT2D eigenvalue weighted by Gasteiger charge is -2.59. The fourth-order valence-corrected chi connectivity index (χ4v) is 6.43. The minimum atomic E-state index is 0.320. The summed E-state index contributed by atoms with van der Waals surface area (Å²) in [4.78, 5) is 0. The Labute approximate surface area is 149 Å². The van der Waals surface area contributed by atoms with E-state index in [0.717, 1.165) is 25.4 Å². The zero-order valence-electron chi connectivity index (χ0n) is 16.3. The van der Waals surface area contributed by atoms with Gasteiger partial charge in [-0.2, -0.15) is 0 Å². The van der Waals surface area contributed by atoms with Gasteiger partial charge in [0.05, 0.1) is 0 Å². The molecule has 0 aromatic heterocycles. The molecule has 2 heteroatoms. The summed E-state index contributed by atoms with van der Waals surface area (Å²) in [7, 11) is 0. The third-order valence-electron chi connectivity index (χ3n) is 7.86. The van der Waals surface area contributed by atoms with E-state index in [9.17, 15) is 0 Å². The minimum Gasteiger partial charge on any atom is -0.330 e. The second-order valence-corrected chi connectivity index (χ2v) is 9.57. The van der Waals surface area contributed by atoms with Gasteiger partial charge in [0.15, 0.2) is 0 Å². The molecule has 5 atom stereocenters. The van der Waals surface area contributed by atoms with Crippen molar-refractivity contribution in [2.24, 2.45) is 46.0 Å². The summed E-state index contributed by atoms with van der Waals surface area (Å²) in [5.41, 5.74) is 16.2. The lowest BCUT2D eigenvalue weighted by Crippen LogP contribution is -2.53. The van der Waals surface area contributed by atoms with Gasteiger partial charge in [-0.1, -0.05) is 51.8 Å². The molecular weight excluding hydrogens is 292 g/mol. The smallest absolute Gasteiger partial charge is 0.00202 e. The van der Waals surface area contributed by atoms with Crippen LogP contribution in [0.4, 0.5) is 0 Å². The van der Waals surface area contributed by atoms with E-state index in [1.54, 1.807) is 11.1 Å². The predicted molar refractivity (Wildman–Crippen MR) is 103 cm³/mol. The fourth-order valence-electron chi connectivity index (χ4n) is 6.43. The summed E-state index contributed by atoms with van der Waals surface area (Å²) in [6.45, 7) is 11.4. The van der Waals surface area contributed by atoms with E-state index in [0.29, 0.717) is 28.6 Å². The van der Waals surface area contributed by atoms with Crippen LogP contribution >= 0.6 is 0 Å². The molecule has 4 N–H and O–H groups in total. The van der Waals surface area contributed by atoms with Gasteiger partial charge in [0.2, 0.25) is 0 Å². The zero-order valence-corrected chi connectivity index (χ0v) is 16.3. The van der Waals surface area contributed by atoms with Crippen LogP contribution in [0.15, 0.2) is 23.3 Å². The van der Waals surface area contributed by atoms with Gasteiger partial charge in [-0.05, 0) is 85.3 Å². The van der Waals surface area contributed by atoms with Crippen molar-refractivity contribution in [2.75, 3.05) is 13.1 Å². The molecule has 3 rings (SSSR count). The van der Waals surface area contributed by atoms with Gasteiger partial charge < -0.3 is 11.5 Å². The van der Waals surface area contributed by atoms with Gasteiger partial charge in [0, 0.05) is 0 Å². The Bertz CT molecular complexity index is 532. The van der Waals surface area contributed by atoms with Crippen LogP contribution in [-0.2, 0) is 0 Å². The predicted octanol–water partition coefficient (Wildman–Crippen LogP) is 4.66. The molecule has 3 aliphatic carbocycles. The van der Waals surface area contributed by atoms with Crippen molar-refractivity contribution >= 4 is 0 Å². The molecule has 0 radical (unpaired) electrons. The number of nitrogens with two attached hydrogens (primary N) is 2. The van der Waals surface area contributed by atoms with Crippen LogP contribution in [0.2, 0.25) is 0 Å². The Morgan fingerprint density at radius 1 is 1.21 bits per heavy atom. The third kappa shape index (κ3) is 2.80. The monoisotopic (exact) mass is 330 g/mol. The van der Waals surface area contributed by atoms with Gasteiger partial charge in [-0.15, -0.1) is 0 Å². The van der Waals surface area contributed by atoms with Crippen molar-refractivity contribution in [3.05, 3.63) is 23.3 Å². The van der Waals surface area contributed by atoms with Crippen molar-refractivity contribution in [1.82, 2.24) is 0 Å². The van der Waals surface area contributed by atoms with Crippen molar-refractivity contribution in [3.8, 4) is 0 Å². The molecule has 24 heavy (non-hydrogen) atoms. The molecule has 0 aromatic carbocycles. The van der Waals surface area contributed by atoms with Crippen LogP contribution < -0.4 is 11.5 Å². The molecular formula is C22H38N2. The van der Waals surface area contributed by atoms with Crippen LogP contribution in [0.1, 0.15) is 66.2 Å². The first-order valence-electron chi connectivity index (χ1n) is 10.2. The van der Waals surface area contributed by atoms with Crippen molar-refractivity contribution < 1.29 is 0 Å². The van der Waals surface area contributed by atoms with E-state index in [-0.39, 0.29) is 0 Å². The van der Waals surface area contributed by atoms with E-state index in [2.05, 4.69) is 39.8 Å². The Morgan fingerprint density at radius 3 is 2.58 bits per heavy atom.